The first-order valence-electron chi connectivity index (χ1n) is 8.39. The third-order valence-corrected chi connectivity index (χ3v) is 4.04. The van der Waals surface area contributed by atoms with Gasteiger partial charge in [0.2, 0.25) is 0 Å². The van der Waals surface area contributed by atoms with E-state index in [1.807, 2.05) is 26.0 Å². The van der Waals surface area contributed by atoms with Crippen LogP contribution in [0.25, 0.3) is 6.08 Å². The lowest BCUT2D eigenvalue weighted by Gasteiger charge is -2.17. The number of hydrogen-bond donors (Lipinski definition) is 1. The fourth-order valence-corrected chi connectivity index (χ4v) is 2.82. The first-order valence-corrected chi connectivity index (χ1v) is 8.39. The Kier molecular flexibility index (Phi) is 7.73. The average molecular weight is 331 g/mol. The lowest BCUT2D eigenvalue weighted by molar-refractivity contribution is -0.117. The number of carbonyl (C=O) groups is 1. The van der Waals surface area contributed by atoms with Gasteiger partial charge in [-0.25, -0.2) is 0 Å². The second-order valence-electron chi connectivity index (χ2n) is 6.61. The molecule has 0 aromatic carbocycles. The number of carbonyl (C=O) groups excluding carboxylic acids is 1. The van der Waals surface area contributed by atoms with Crippen molar-refractivity contribution in [1.82, 2.24) is 9.88 Å². The topological polar surface area (TPSA) is 67.0 Å². The summed E-state index contributed by atoms with van der Waals surface area (Å²) in [7, 11) is 1.68. The van der Waals surface area contributed by atoms with Crippen molar-refractivity contribution in [3.8, 4) is 6.07 Å². The van der Waals surface area contributed by atoms with E-state index in [4.69, 9.17) is 4.74 Å². The number of hydrogen-bond acceptors (Lipinski definition) is 3. The van der Waals surface area contributed by atoms with Crippen LogP contribution in [0.5, 0.6) is 0 Å². The van der Waals surface area contributed by atoms with Crippen LogP contribution in [-0.2, 0) is 9.53 Å². The van der Waals surface area contributed by atoms with Gasteiger partial charge in [-0.2, -0.15) is 5.26 Å². The van der Waals surface area contributed by atoms with E-state index < -0.39 is 0 Å². The second-order valence-corrected chi connectivity index (χ2v) is 6.61. The number of ether oxygens (including phenoxy) is 1. The highest BCUT2D eigenvalue weighted by molar-refractivity contribution is 6.01. The van der Waals surface area contributed by atoms with Crippen LogP contribution in [0.15, 0.2) is 11.6 Å². The number of aryl methyl sites for hydroxylation is 1. The van der Waals surface area contributed by atoms with Crippen molar-refractivity contribution in [1.29, 1.82) is 5.26 Å². The van der Waals surface area contributed by atoms with Gasteiger partial charge in [-0.3, -0.25) is 4.79 Å². The van der Waals surface area contributed by atoms with Crippen molar-refractivity contribution in [2.75, 3.05) is 20.3 Å². The minimum Gasteiger partial charge on any atom is -0.383 e. The van der Waals surface area contributed by atoms with Gasteiger partial charge in [0.15, 0.2) is 0 Å². The van der Waals surface area contributed by atoms with Gasteiger partial charge in [-0.15, -0.1) is 0 Å². The molecular weight excluding hydrogens is 302 g/mol. The summed E-state index contributed by atoms with van der Waals surface area (Å²) in [5, 5.41) is 12.1. The lowest BCUT2D eigenvalue weighted by Crippen LogP contribution is -2.26. The molecule has 0 aliphatic rings. The summed E-state index contributed by atoms with van der Waals surface area (Å²) >= 11 is 0. The SMILES string of the molecule is COCC(C)n1c(C)cc(/C=C(\C#N)C(=O)NCCC(C)C)c1C. The van der Waals surface area contributed by atoms with Gasteiger partial charge in [0.05, 0.1) is 12.6 Å². The smallest absolute Gasteiger partial charge is 0.261 e. The number of amides is 1. The summed E-state index contributed by atoms with van der Waals surface area (Å²) < 4.78 is 7.40. The van der Waals surface area contributed by atoms with E-state index in [2.05, 4.69) is 30.7 Å². The van der Waals surface area contributed by atoms with E-state index >= 15 is 0 Å². The van der Waals surface area contributed by atoms with E-state index in [1.54, 1.807) is 13.2 Å². The van der Waals surface area contributed by atoms with Crippen molar-refractivity contribution in [2.24, 2.45) is 5.92 Å². The molecule has 24 heavy (non-hydrogen) atoms. The van der Waals surface area contributed by atoms with Crippen LogP contribution in [0.1, 0.15) is 50.2 Å². The molecule has 0 fully saturated rings. The maximum absolute atomic E-state index is 12.2. The Hall–Kier alpha value is -2.06. The zero-order valence-corrected chi connectivity index (χ0v) is 15.6. The standard InChI is InChI=1S/C19H29N3O2/c1-13(2)7-8-21-19(23)18(11-20)10-17-9-14(3)22(16(17)5)15(4)12-24-6/h9-10,13,15H,7-8,12H2,1-6H3,(H,21,23)/b18-10+. The van der Waals surface area contributed by atoms with Crippen LogP contribution >= 0.6 is 0 Å². The van der Waals surface area contributed by atoms with E-state index in [0.29, 0.717) is 19.1 Å². The van der Waals surface area contributed by atoms with Crippen LogP contribution in [0, 0.1) is 31.1 Å². The van der Waals surface area contributed by atoms with Crippen molar-refractivity contribution >= 4 is 12.0 Å². The van der Waals surface area contributed by atoms with E-state index in [-0.39, 0.29) is 17.5 Å². The molecule has 1 amide bonds. The maximum Gasteiger partial charge on any atom is 0.261 e. The molecule has 0 saturated heterocycles. The summed E-state index contributed by atoms with van der Waals surface area (Å²) in [5.41, 5.74) is 3.14. The van der Waals surface area contributed by atoms with Crippen molar-refractivity contribution in [2.45, 2.75) is 47.1 Å². The van der Waals surface area contributed by atoms with E-state index in [0.717, 1.165) is 23.4 Å². The number of aromatic nitrogens is 1. The number of rotatable bonds is 8. The Morgan fingerprint density at radius 1 is 1.42 bits per heavy atom. The highest BCUT2D eigenvalue weighted by Gasteiger charge is 2.15. The van der Waals surface area contributed by atoms with Gasteiger partial charge >= 0.3 is 0 Å². The molecule has 0 bridgehead atoms. The summed E-state index contributed by atoms with van der Waals surface area (Å²) in [6.45, 7) is 11.5. The molecule has 1 atom stereocenters. The minimum atomic E-state index is -0.312. The first-order chi connectivity index (χ1) is 11.3. The fourth-order valence-electron chi connectivity index (χ4n) is 2.82. The molecule has 0 radical (unpaired) electrons. The molecule has 1 aromatic heterocycles. The van der Waals surface area contributed by atoms with Gasteiger partial charge in [0.1, 0.15) is 11.6 Å². The lowest BCUT2D eigenvalue weighted by atomic mass is 10.1. The molecule has 132 valence electrons. The summed E-state index contributed by atoms with van der Waals surface area (Å²) in [6.07, 6.45) is 2.57. The molecular formula is C19H29N3O2. The van der Waals surface area contributed by atoms with E-state index in [1.165, 1.54) is 0 Å². The predicted molar refractivity (Wildman–Crippen MR) is 96.5 cm³/mol. The molecule has 1 rings (SSSR count). The van der Waals surface area contributed by atoms with Crippen molar-refractivity contribution < 1.29 is 9.53 Å². The highest BCUT2D eigenvalue weighted by atomic mass is 16.5. The minimum absolute atomic E-state index is 0.137. The number of nitrogens with zero attached hydrogens (tertiary/aromatic N) is 2. The zero-order chi connectivity index (χ0) is 18.3. The molecule has 1 N–H and O–H groups in total. The van der Waals surface area contributed by atoms with Gasteiger partial charge in [-0.05, 0) is 50.8 Å². The number of nitrogens with one attached hydrogen (secondary N) is 1. The first kappa shape index (κ1) is 20.0. The monoisotopic (exact) mass is 331 g/mol. The molecule has 0 saturated carbocycles. The van der Waals surface area contributed by atoms with Crippen molar-refractivity contribution in [3.63, 3.8) is 0 Å². The summed E-state index contributed by atoms with van der Waals surface area (Å²) in [5.74, 6) is 0.203. The van der Waals surface area contributed by atoms with Gasteiger partial charge < -0.3 is 14.6 Å². The highest BCUT2D eigenvalue weighted by Crippen LogP contribution is 2.22. The molecule has 5 nitrogen and oxygen atoms in total. The predicted octanol–water partition coefficient (Wildman–Crippen LogP) is 3.38. The number of methoxy groups -OCH3 is 1. The van der Waals surface area contributed by atoms with Gasteiger partial charge in [-0.1, -0.05) is 13.8 Å². The molecule has 1 unspecified atom stereocenters. The Labute approximate surface area is 145 Å². The van der Waals surface area contributed by atoms with Crippen LogP contribution in [-0.4, -0.2) is 30.7 Å². The molecule has 5 heteroatoms. The fraction of sp³-hybridized carbons (Fsp3) is 0.579. The Morgan fingerprint density at radius 2 is 2.08 bits per heavy atom. The normalized spacial score (nSPS) is 13.0. The molecule has 0 aliphatic carbocycles. The molecule has 0 aliphatic heterocycles. The summed E-state index contributed by atoms with van der Waals surface area (Å²) in [4.78, 5) is 12.2. The maximum atomic E-state index is 12.2. The number of nitriles is 1. The zero-order valence-electron chi connectivity index (χ0n) is 15.6. The summed E-state index contributed by atoms with van der Waals surface area (Å²) in [6, 6.07) is 4.21. The Balaban J connectivity index is 2.99. The van der Waals surface area contributed by atoms with Gasteiger partial charge in [0.25, 0.3) is 5.91 Å². The molecule has 1 heterocycles. The van der Waals surface area contributed by atoms with Crippen LogP contribution < -0.4 is 5.32 Å². The third-order valence-electron chi connectivity index (χ3n) is 4.04. The van der Waals surface area contributed by atoms with Crippen molar-refractivity contribution in [3.05, 3.63) is 28.6 Å². The second kappa shape index (κ2) is 9.29. The Morgan fingerprint density at radius 3 is 2.62 bits per heavy atom. The van der Waals surface area contributed by atoms with Gasteiger partial charge in [0, 0.05) is 25.0 Å². The van der Waals surface area contributed by atoms with Crippen LogP contribution in [0.4, 0.5) is 0 Å². The Bertz CT molecular complexity index is 636. The van der Waals surface area contributed by atoms with Crippen LogP contribution in [0.3, 0.4) is 0 Å². The third kappa shape index (κ3) is 5.24. The molecule has 0 spiro atoms. The largest absolute Gasteiger partial charge is 0.383 e. The van der Waals surface area contributed by atoms with E-state index in [9.17, 15) is 10.1 Å². The quantitative estimate of drug-likeness (QED) is 0.586. The van der Waals surface area contributed by atoms with Crippen LogP contribution in [0.2, 0.25) is 0 Å². The average Bonchev–Trinajstić information content (AvgIpc) is 2.78. The molecule has 1 aromatic rings.